The highest BCUT2D eigenvalue weighted by Crippen LogP contribution is 2.19. The van der Waals surface area contributed by atoms with E-state index in [-0.39, 0.29) is 11.8 Å². The second kappa shape index (κ2) is 12.5. The van der Waals surface area contributed by atoms with Gasteiger partial charge in [0.25, 0.3) is 0 Å². The first-order valence-corrected chi connectivity index (χ1v) is 12.2. The van der Waals surface area contributed by atoms with Crippen LogP contribution in [0.1, 0.15) is 43.0 Å². The Morgan fingerprint density at radius 1 is 1.03 bits per heavy atom. The number of nitrogens with zero attached hydrogens (tertiary/aromatic N) is 1. The molecule has 0 aliphatic carbocycles. The zero-order valence-electron chi connectivity index (χ0n) is 20.1. The third kappa shape index (κ3) is 8.23. The number of hydrogen-bond donors (Lipinski definition) is 1. The number of rotatable bonds is 11. The first-order chi connectivity index (χ1) is 15.2. The summed E-state index contributed by atoms with van der Waals surface area (Å²) in [7, 11) is 1.62. The van der Waals surface area contributed by atoms with Gasteiger partial charge in [0.1, 0.15) is 11.8 Å². The molecule has 0 aliphatic heterocycles. The van der Waals surface area contributed by atoms with Crippen LogP contribution in [0.2, 0.25) is 0 Å². The molecule has 0 heterocycles. The summed E-state index contributed by atoms with van der Waals surface area (Å²) in [6.45, 7) is 11.0. The van der Waals surface area contributed by atoms with E-state index in [4.69, 9.17) is 4.74 Å². The number of nitrogens with one attached hydrogen (secondary N) is 1. The molecule has 1 unspecified atom stereocenters. The summed E-state index contributed by atoms with van der Waals surface area (Å²) in [5, 5.41) is 2.96. The van der Waals surface area contributed by atoms with Crippen molar-refractivity contribution >= 4 is 23.6 Å². The number of ether oxygens (including phenoxy) is 1. The van der Waals surface area contributed by atoms with E-state index in [0.29, 0.717) is 24.8 Å². The van der Waals surface area contributed by atoms with E-state index in [0.717, 1.165) is 17.1 Å². The predicted octanol–water partition coefficient (Wildman–Crippen LogP) is 4.73. The van der Waals surface area contributed by atoms with Gasteiger partial charge < -0.3 is 15.0 Å². The molecule has 0 aromatic heterocycles. The van der Waals surface area contributed by atoms with E-state index in [2.05, 4.69) is 37.4 Å². The summed E-state index contributed by atoms with van der Waals surface area (Å²) in [5.74, 6) is 1.98. The number of carbonyl (C=O) groups excluding carboxylic acids is 2. The summed E-state index contributed by atoms with van der Waals surface area (Å²) in [6.07, 6.45) is 0. The van der Waals surface area contributed by atoms with Gasteiger partial charge in [0, 0.05) is 18.8 Å². The zero-order chi connectivity index (χ0) is 23.7. The van der Waals surface area contributed by atoms with Crippen LogP contribution >= 0.6 is 11.8 Å². The van der Waals surface area contributed by atoms with Crippen LogP contribution < -0.4 is 10.1 Å². The van der Waals surface area contributed by atoms with Crippen LogP contribution in [0.3, 0.4) is 0 Å². The van der Waals surface area contributed by atoms with Gasteiger partial charge in [-0.3, -0.25) is 9.59 Å². The highest BCUT2D eigenvalue weighted by atomic mass is 32.2. The Balaban J connectivity index is 2.10. The second-order valence-electron chi connectivity index (χ2n) is 8.68. The third-order valence-electron chi connectivity index (χ3n) is 5.11. The molecular formula is C26H36N2O3S. The minimum absolute atomic E-state index is 0.0469. The Morgan fingerprint density at radius 3 is 2.34 bits per heavy atom. The molecular weight excluding hydrogens is 420 g/mol. The monoisotopic (exact) mass is 456 g/mol. The maximum atomic E-state index is 13.2. The van der Waals surface area contributed by atoms with Gasteiger partial charge in [0.15, 0.2) is 0 Å². The number of carbonyl (C=O) groups is 2. The normalized spacial score (nSPS) is 11.8. The summed E-state index contributed by atoms with van der Waals surface area (Å²) in [4.78, 5) is 27.6. The van der Waals surface area contributed by atoms with Gasteiger partial charge in [-0.25, -0.2) is 0 Å². The molecule has 174 valence electrons. The fourth-order valence-corrected chi connectivity index (χ4v) is 4.34. The number of thioether (sulfide) groups is 1. The smallest absolute Gasteiger partial charge is 0.242 e. The lowest BCUT2D eigenvalue weighted by Crippen LogP contribution is -2.48. The highest BCUT2D eigenvalue weighted by molar-refractivity contribution is 7.99. The lowest BCUT2D eigenvalue weighted by atomic mass is 10.1. The summed E-state index contributed by atoms with van der Waals surface area (Å²) in [5.41, 5.74) is 4.59. The molecule has 0 saturated heterocycles. The zero-order valence-corrected chi connectivity index (χ0v) is 20.9. The molecule has 2 rings (SSSR count). The Hall–Kier alpha value is -2.47. The average molecular weight is 457 g/mol. The summed E-state index contributed by atoms with van der Waals surface area (Å²) >= 11 is 1.58. The van der Waals surface area contributed by atoms with Crippen LogP contribution in [0, 0.1) is 19.8 Å². The van der Waals surface area contributed by atoms with Crippen LogP contribution in [-0.2, 0) is 21.9 Å². The van der Waals surface area contributed by atoms with Gasteiger partial charge in [-0.05, 0) is 49.9 Å². The van der Waals surface area contributed by atoms with Crippen molar-refractivity contribution in [1.29, 1.82) is 0 Å². The molecule has 32 heavy (non-hydrogen) atoms. The van der Waals surface area contributed by atoms with E-state index >= 15 is 0 Å². The van der Waals surface area contributed by atoms with Crippen molar-refractivity contribution in [3.63, 3.8) is 0 Å². The minimum atomic E-state index is -0.561. The maximum Gasteiger partial charge on any atom is 0.242 e. The van der Waals surface area contributed by atoms with Gasteiger partial charge in [0.2, 0.25) is 11.8 Å². The molecule has 0 radical (unpaired) electrons. The van der Waals surface area contributed by atoms with Crippen molar-refractivity contribution in [1.82, 2.24) is 10.2 Å². The lowest BCUT2D eigenvalue weighted by Gasteiger charge is -2.29. The number of hydrogen-bond acceptors (Lipinski definition) is 4. The van der Waals surface area contributed by atoms with E-state index < -0.39 is 6.04 Å². The van der Waals surface area contributed by atoms with Gasteiger partial charge >= 0.3 is 0 Å². The molecule has 6 heteroatoms. The number of aryl methyl sites for hydroxylation is 2. The fraction of sp³-hybridized carbons (Fsp3) is 0.462. The Morgan fingerprint density at radius 2 is 1.72 bits per heavy atom. The van der Waals surface area contributed by atoms with Crippen LogP contribution in [-0.4, -0.2) is 42.2 Å². The van der Waals surface area contributed by atoms with Crippen molar-refractivity contribution in [2.45, 2.75) is 53.0 Å². The SMILES string of the molecule is COc1cccc(CN(C(=O)CSCc2cc(C)cc(C)c2)C(C)C(=O)NCC(C)C)c1. The lowest BCUT2D eigenvalue weighted by molar-refractivity contribution is -0.138. The van der Waals surface area contributed by atoms with Crippen LogP contribution in [0.4, 0.5) is 0 Å². The fourth-order valence-electron chi connectivity index (χ4n) is 3.49. The molecule has 2 amide bonds. The van der Waals surface area contributed by atoms with Crippen molar-refractivity contribution in [2.24, 2.45) is 5.92 Å². The van der Waals surface area contributed by atoms with Crippen molar-refractivity contribution in [3.8, 4) is 5.75 Å². The molecule has 5 nitrogen and oxygen atoms in total. The van der Waals surface area contributed by atoms with E-state index in [1.807, 2.05) is 38.1 Å². The van der Waals surface area contributed by atoms with Gasteiger partial charge in [-0.15, -0.1) is 11.8 Å². The molecule has 0 fully saturated rings. The third-order valence-corrected chi connectivity index (χ3v) is 6.10. The molecule has 1 atom stereocenters. The van der Waals surface area contributed by atoms with Crippen LogP contribution in [0.25, 0.3) is 0 Å². The largest absolute Gasteiger partial charge is 0.497 e. The predicted molar refractivity (Wildman–Crippen MR) is 133 cm³/mol. The molecule has 1 N–H and O–H groups in total. The van der Waals surface area contributed by atoms with Gasteiger partial charge in [-0.2, -0.15) is 0 Å². The molecule has 0 bridgehead atoms. The number of benzene rings is 2. The summed E-state index contributed by atoms with van der Waals surface area (Å²) < 4.78 is 5.32. The second-order valence-corrected chi connectivity index (χ2v) is 9.66. The first-order valence-electron chi connectivity index (χ1n) is 11.0. The Bertz CT molecular complexity index is 893. The molecule has 0 saturated carbocycles. The number of methoxy groups -OCH3 is 1. The quantitative estimate of drug-likeness (QED) is 0.531. The Labute approximate surface area is 196 Å². The maximum absolute atomic E-state index is 13.2. The van der Waals surface area contributed by atoms with E-state index in [9.17, 15) is 9.59 Å². The highest BCUT2D eigenvalue weighted by Gasteiger charge is 2.26. The Kier molecular flexibility index (Phi) is 10.1. The minimum Gasteiger partial charge on any atom is -0.497 e. The van der Waals surface area contributed by atoms with Crippen molar-refractivity contribution in [3.05, 3.63) is 64.7 Å². The standard InChI is InChI=1S/C26H36N2O3S/c1-18(2)14-27-26(30)21(5)28(15-22-8-7-9-24(13-22)31-6)25(29)17-32-16-23-11-19(3)10-20(4)12-23/h7-13,18,21H,14-17H2,1-6H3,(H,27,30). The van der Waals surface area contributed by atoms with Gasteiger partial charge in [-0.1, -0.05) is 55.3 Å². The van der Waals surface area contributed by atoms with E-state index in [1.165, 1.54) is 16.7 Å². The first kappa shape index (κ1) is 25.8. The molecule has 2 aromatic rings. The molecule has 2 aromatic carbocycles. The molecule has 0 aliphatic rings. The molecule has 0 spiro atoms. The van der Waals surface area contributed by atoms with Crippen LogP contribution in [0.5, 0.6) is 5.75 Å². The van der Waals surface area contributed by atoms with Crippen molar-refractivity contribution in [2.75, 3.05) is 19.4 Å². The van der Waals surface area contributed by atoms with Crippen molar-refractivity contribution < 1.29 is 14.3 Å². The van der Waals surface area contributed by atoms with Gasteiger partial charge in [0.05, 0.1) is 12.9 Å². The topological polar surface area (TPSA) is 58.6 Å². The average Bonchev–Trinajstić information content (AvgIpc) is 2.74. The number of amides is 2. The van der Waals surface area contributed by atoms with E-state index in [1.54, 1.807) is 30.7 Å². The summed E-state index contributed by atoms with van der Waals surface area (Å²) in [6, 6.07) is 13.5. The van der Waals surface area contributed by atoms with Crippen LogP contribution in [0.15, 0.2) is 42.5 Å².